The van der Waals surface area contributed by atoms with Gasteiger partial charge in [0.05, 0.1) is 25.5 Å². The number of anilines is 1. The number of carbonyl (C=O) groups is 3. The van der Waals surface area contributed by atoms with Crippen LogP contribution < -0.4 is 15.3 Å². The van der Waals surface area contributed by atoms with Gasteiger partial charge in [0.15, 0.2) is 18.5 Å². The fraction of sp³-hybridized carbons (Fsp3) is 0.484. The number of fused-ring (bicyclic) bond motifs is 1. The van der Waals surface area contributed by atoms with Crippen LogP contribution in [0, 0.1) is 12.5 Å². The Kier molecular flexibility index (Phi) is 11.2. The van der Waals surface area contributed by atoms with Gasteiger partial charge in [0.1, 0.15) is 29.7 Å². The van der Waals surface area contributed by atoms with Gasteiger partial charge in [0.2, 0.25) is 6.10 Å². The molecule has 0 saturated carbocycles. The van der Waals surface area contributed by atoms with Crippen LogP contribution in [0.5, 0.6) is 5.75 Å². The first-order valence-electron chi connectivity index (χ1n) is 15.6. The number of hydrogen-bond donors (Lipinski definition) is 2. The highest BCUT2D eigenvalue weighted by Crippen LogP contribution is 2.50. The summed E-state index contributed by atoms with van der Waals surface area (Å²) in [6.07, 6.45) is -3.16. The van der Waals surface area contributed by atoms with Crippen LogP contribution in [-0.4, -0.2) is 82.9 Å². The van der Waals surface area contributed by atoms with Crippen LogP contribution in [0.25, 0.3) is 10.4 Å². The molecule has 17 nitrogen and oxygen atoms in total. The van der Waals surface area contributed by atoms with Gasteiger partial charge in [-0.3, -0.25) is 28.5 Å². The standard InChI is InChI=1S/C31H37N6O11P/c1-5-24(38)45-27-26(22-12-13-23-29(32)34-18-35-37(22)23)47-31(33-4,28(27)46-25(39)6-2)17-44-49(41,48-21-10-8-7-9-11-21)36-19(3)30(40)43-16-20-14-42-15-20/h7-13,18-20,26-28H,5-6,14-17H2,1-3H3,(H,36,41)(H2,32,34,35)/t19-,26-,27-,28-,31+,49+/m0/s1. The molecule has 0 spiro atoms. The second kappa shape index (κ2) is 15.3. The minimum absolute atomic E-state index is 0.0466. The molecule has 2 saturated heterocycles. The molecule has 0 amide bonds. The molecule has 5 rings (SSSR count). The van der Waals surface area contributed by atoms with Gasteiger partial charge in [0, 0.05) is 18.8 Å². The van der Waals surface area contributed by atoms with Crippen molar-refractivity contribution in [3.05, 3.63) is 65.9 Å². The molecular formula is C31H37N6O11P. The van der Waals surface area contributed by atoms with Crippen LogP contribution in [0.4, 0.5) is 5.82 Å². The second-order valence-corrected chi connectivity index (χ2v) is 13.0. The fourth-order valence-corrected chi connectivity index (χ4v) is 6.56. The van der Waals surface area contributed by atoms with Crippen molar-refractivity contribution in [2.45, 2.75) is 63.7 Å². The van der Waals surface area contributed by atoms with Crippen LogP contribution in [0.15, 0.2) is 48.8 Å². The highest BCUT2D eigenvalue weighted by molar-refractivity contribution is 7.52. The van der Waals surface area contributed by atoms with Crippen molar-refractivity contribution in [1.82, 2.24) is 19.7 Å². The van der Waals surface area contributed by atoms with Gasteiger partial charge in [-0.1, -0.05) is 32.0 Å². The number of nitrogens with two attached hydrogens (primary N) is 1. The molecule has 49 heavy (non-hydrogen) atoms. The number of nitrogens with zero attached hydrogens (tertiary/aromatic N) is 4. The van der Waals surface area contributed by atoms with Gasteiger partial charge >= 0.3 is 31.4 Å². The topological polar surface area (TPSA) is 205 Å². The molecule has 0 bridgehead atoms. The number of ether oxygens (including phenoxy) is 5. The number of rotatable bonds is 15. The molecule has 6 atom stereocenters. The minimum Gasteiger partial charge on any atom is -0.464 e. The zero-order chi connectivity index (χ0) is 35.2. The van der Waals surface area contributed by atoms with Gasteiger partial charge in [-0.2, -0.15) is 10.2 Å². The van der Waals surface area contributed by atoms with Crippen molar-refractivity contribution in [3.63, 3.8) is 0 Å². The van der Waals surface area contributed by atoms with E-state index in [4.69, 9.17) is 45.0 Å². The molecule has 2 aliphatic heterocycles. The van der Waals surface area contributed by atoms with Crippen molar-refractivity contribution >= 4 is 37.0 Å². The molecule has 1 aromatic carbocycles. The summed E-state index contributed by atoms with van der Waals surface area (Å²) in [6, 6.07) is 10.0. The SMILES string of the molecule is [C-]#[N+][C@]1(CO[P@](=O)(N[C@@H](C)C(=O)OCC2COC2)Oc2ccccc2)O[C@@H](c2ccc3c(N)ncnn23)[C@H](OC(=O)CC)[C@@H]1OC(=O)CC. The number of carbonyl (C=O) groups excluding carboxylic acids is 3. The van der Waals surface area contributed by atoms with Gasteiger partial charge in [-0.25, -0.2) is 20.6 Å². The third-order valence-electron chi connectivity index (χ3n) is 7.75. The Bertz CT molecular complexity index is 1750. The minimum atomic E-state index is -4.54. The summed E-state index contributed by atoms with van der Waals surface area (Å²) in [5.74, 6) is -1.81. The molecular weight excluding hydrogens is 663 g/mol. The normalized spacial score (nSPS) is 23.8. The van der Waals surface area contributed by atoms with E-state index in [9.17, 15) is 18.9 Å². The number of benzene rings is 1. The lowest BCUT2D eigenvalue weighted by Gasteiger charge is -2.28. The summed E-state index contributed by atoms with van der Waals surface area (Å²) in [5, 5.41) is 6.81. The quantitative estimate of drug-likeness (QED) is 0.101. The third kappa shape index (κ3) is 8.01. The maximum atomic E-state index is 14.4. The molecule has 0 aliphatic carbocycles. The van der Waals surface area contributed by atoms with E-state index in [0.717, 1.165) is 0 Å². The Hall–Kier alpha value is -4.59. The Balaban J connectivity index is 1.49. The number of para-hydroxylation sites is 1. The average Bonchev–Trinajstić information content (AvgIpc) is 3.63. The Morgan fingerprint density at radius 1 is 1.14 bits per heavy atom. The Morgan fingerprint density at radius 2 is 1.86 bits per heavy atom. The summed E-state index contributed by atoms with van der Waals surface area (Å²) < 4.78 is 55.6. The molecule has 0 radical (unpaired) electrons. The first-order valence-corrected chi connectivity index (χ1v) is 17.1. The lowest BCUT2D eigenvalue weighted by molar-refractivity contribution is -0.169. The fourth-order valence-electron chi connectivity index (χ4n) is 5.05. The molecule has 3 N–H and O–H groups in total. The van der Waals surface area contributed by atoms with E-state index in [0.29, 0.717) is 18.7 Å². The maximum Gasteiger partial charge on any atom is 0.459 e. The molecule has 262 valence electrons. The van der Waals surface area contributed by atoms with E-state index < -0.39 is 62.3 Å². The smallest absolute Gasteiger partial charge is 0.459 e. The van der Waals surface area contributed by atoms with Crippen LogP contribution in [0.1, 0.15) is 45.4 Å². The van der Waals surface area contributed by atoms with E-state index in [1.54, 1.807) is 44.2 Å². The summed E-state index contributed by atoms with van der Waals surface area (Å²) in [7, 11) is -4.54. The zero-order valence-electron chi connectivity index (χ0n) is 27.1. The predicted octanol–water partition coefficient (Wildman–Crippen LogP) is 3.01. The molecule has 18 heteroatoms. The van der Waals surface area contributed by atoms with Crippen LogP contribution in [0.2, 0.25) is 0 Å². The van der Waals surface area contributed by atoms with E-state index in [2.05, 4.69) is 20.0 Å². The Morgan fingerprint density at radius 3 is 2.51 bits per heavy atom. The van der Waals surface area contributed by atoms with Gasteiger partial charge < -0.3 is 29.2 Å². The average molecular weight is 701 g/mol. The monoisotopic (exact) mass is 700 g/mol. The van der Waals surface area contributed by atoms with Crippen molar-refractivity contribution in [3.8, 4) is 5.75 Å². The first kappa shape index (κ1) is 35.7. The van der Waals surface area contributed by atoms with E-state index in [-0.39, 0.29) is 42.6 Å². The molecule has 2 aromatic heterocycles. The van der Waals surface area contributed by atoms with Crippen molar-refractivity contribution in [2.24, 2.45) is 5.92 Å². The zero-order valence-corrected chi connectivity index (χ0v) is 27.9. The number of aromatic nitrogens is 3. The van der Waals surface area contributed by atoms with Crippen molar-refractivity contribution in [2.75, 3.05) is 32.2 Å². The van der Waals surface area contributed by atoms with Gasteiger partial charge in [0.25, 0.3) is 0 Å². The lowest BCUT2D eigenvalue weighted by atomic mass is 10.0. The molecule has 2 fully saturated rings. The molecule has 4 heterocycles. The van der Waals surface area contributed by atoms with Crippen molar-refractivity contribution < 1.29 is 51.7 Å². The molecule has 3 aromatic rings. The summed E-state index contributed by atoms with van der Waals surface area (Å²) in [6.45, 7) is 13.0. The van der Waals surface area contributed by atoms with E-state index in [1.165, 1.54) is 29.9 Å². The van der Waals surface area contributed by atoms with E-state index in [1.807, 2.05) is 0 Å². The highest BCUT2D eigenvalue weighted by atomic mass is 31.2. The summed E-state index contributed by atoms with van der Waals surface area (Å²) in [4.78, 5) is 46.0. The molecule has 0 unspecified atom stereocenters. The largest absolute Gasteiger partial charge is 0.464 e. The van der Waals surface area contributed by atoms with Gasteiger partial charge in [-0.05, 0) is 31.2 Å². The Labute approximate surface area is 281 Å². The van der Waals surface area contributed by atoms with Crippen LogP contribution >= 0.6 is 7.75 Å². The van der Waals surface area contributed by atoms with Crippen molar-refractivity contribution in [1.29, 1.82) is 0 Å². The summed E-state index contributed by atoms with van der Waals surface area (Å²) in [5.41, 5.74) is 4.47. The third-order valence-corrected chi connectivity index (χ3v) is 9.38. The lowest BCUT2D eigenvalue weighted by Crippen LogP contribution is -2.48. The summed E-state index contributed by atoms with van der Waals surface area (Å²) >= 11 is 0. The van der Waals surface area contributed by atoms with Crippen LogP contribution in [0.3, 0.4) is 0 Å². The second-order valence-electron chi connectivity index (χ2n) is 11.3. The van der Waals surface area contributed by atoms with Gasteiger partial charge in [-0.15, -0.1) is 0 Å². The predicted molar refractivity (Wildman–Crippen MR) is 169 cm³/mol. The first-order chi connectivity index (χ1) is 23.5. The number of esters is 3. The van der Waals surface area contributed by atoms with E-state index >= 15 is 0 Å². The highest BCUT2D eigenvalue weighted by Gasteiger charge is 2.67. The number of hydrogen-bond acceptors (Lipinski definition) is 14. The molecule has 2 aliphatic rings. The number of nitrogens with one attached hydrogen (secondary N) is 1. The van der Waals surface area contributed by atoms with Crippen LogP contribution in [-0.2, 0) is 47.2 Å². The number of nitrogen functional groups attached to an aromatic ring is 1. The maximum absolute atomic E-state index is 14.4.